The van der Waals surface area contributed by atoms with E-state index in [-0.39, 0.29) is 0 Å². The van der Waals surface area contributed by atoms with E-state index in [4.69, 9.17) is 9.15 Å². The third-order valence-electron chi connectivity index (χ3n) is 5.61. The molecule has 2 heterocycles. The van der Waals surface area contributed by atoms with Crippen molar-refractivity contribution in [1.82, 2.24) is 10.3 Å². The van der Waals surface area contributed by atoms with Gasteiger partial charge in [0.2, 0.25) is 0 Å². The van der Waals surface area contributed by atoms with Gasteiger partial charge in [-0.3, -0.25) is 9.59 Å². The molecule has 1 aromatic heterocycles. The Labute approximate surface area is 192 Å². The molecule has 0 spiro atoms. The van der Waals surface area contributed by atoms with Crippen LogP contribution in [0.2, 0.25) is 0 Å². The predicted octanol–water partition coefficient (Wildman–Crippen LogP) is 3.64. The fraction of sp³-hybridized carbons (Fsp3) is 0.320. The van der Waals surface area contributed by atoms with Gasteiger partial charge in [0.15, 0.2) is 12.2 Å². The van der Waals surface area contributed by atoms with Crippen LogP contribution in [-0.4, -0.2) is 42.5 Å². The summed E-state index contributed by atoms with van der Waals surface area (Å²) in [5.41, 5.74) is 3.03. The summed E-state index contributed by atoms with van der Waals surface area (Å²) >= 11 is 0. The molecule has 2 N–H and O–H groups in total. The van der Waals surface area contributed by atoms with Gasteiger partial charge >= 0.3 is 11.8 Å². The summed E-state index contributed by atoms with van der Waals surface area (Å²) in [6.45, 7) is 5.36. The van der Waals surface area contributed by atoms with Gasteiger partial charge in [0.1, 0.15) is 5.75 Å². The average Bonchev–Trinajstić information content (AvgIpc) is 3.33. The second-order valence-corrected chi connectivity index (χ2v) is 8.73. The molecule has 0 fully saturated rings. The molecule has 1 aliphatic rings. The highest BCUT2D eigenvalue weighted by molar-refractivity contribution is 6.39. The first kappa shape index (κ1) is 22.4. The predicted molar refractivity (Wildman–Crippen MR) is 126 cm³/mol. The number of aromatic nitrogens is 1. The Balaban J connectivity index is 1.40. The smallest absolute Gasteiger partial charge is 0.313 e. The number of anilines is 2. The monoisotopic (exact) mass is 448 g/mol. The maximum atomic E-state index is 12.7. The van der Waals surface area contributed by atoms with Crippen LogP contribution in [-0.2, 0) is 16.0 Å². The molecule has 2 amide bonds. The van der Waals surface area contributed by atoms with Crippen molar-refractivity contribution in [2.75, 3.05) is 30.4 Å². The van der Waals surface area contributed by atoms with E-state index in [1.165, 1.54) is 24.8 Å². The number of aryl methyl sites for hydroxylation is 1. The summed E-state index contributed by atoms with van der Waals surface area (Å²) in [6.07, 6.45) is 5.03. The van der Waals surface area contributed by atoms with Crippen molar-refractivity contribution >= 4 is 23.2 Å². The molecule has 0 bridgehead atoms. The van der Waals surface area contributed by atoms with Crippen molar-refractivity contribution in [3.63, 3.8) is 0 Å². The van der Waals surface area contributed by atoms with Crippen LogP contribution in [0.1, 0.15) is 25.8 Å². The van der Waals surface area contributed by atoms with Crippen molar-refractivity contribution in [2.24, 2.45) is 0 Å². The summed E-state index contributed by atoms with van der Waals surface area (Å²) in [5.74, 6) is -0.391. The third-order valence-corrected chi connectivity index (χ3v) is 5.61. The summed E-state index contributed by atoms with van der Waals surface area (Å²) in [5, 5.41) is 5.51. The summed E-state index contributed by atoms with van der Waals surface area (Å²) < 4.78 is 10.7. The number of methoxy groups -OCH3 is 1. The molecule has 0 atom stereocenters. The highest BCUT2D eigenvalue weighted by Crippen LogP contribution is 2.32. The molecule has 3 aromatic rings. The normalized spacial score (nSPS) is 13.2. The van der Waals surface area contributed by atoms with Gasteiger partial charge in [-0.25, -0.2) is 4.98 Å². The van der Waals surface area contributed by atoms with Crippen LogP contribution in [0, 0.1) is 0 Å². The van der Waals surface area contributed by atoms with Crippen LogP contribution in [0.5, 0.6) is 5.75 Å². The Morgan fingerprint density at radius 1 is 1.18 bits per heavy atom. The van der Waals surface area contributed by atoms with Crippen LogP contribution >= 0.6 is 0 Å². The van der Waals surface area contributed by atoms with Gasteiger partial charge in [-0.15, -0.1) is 0 Å². The van der Waals surface area contributed by atoms with Crippen LogP contribution in [0.25, 0.3) is 11.3 Å². The molecule has 0 aliphatic carbocycles. The highest BCUT2D eigenvalue weighted by Gasteiger charge is 2.29. The van der Waals surface area contributed by atoms with Gasteiger partial charge in [-0.05, 0) is 50.5 Å². The number of nitrogens with zero attached hydrogens (tertiary/aromatic N) is 2. The van der Waals surface area contributed by atoms with E-state index in [1.807, 2.05) is 26.0 Å². The van der Waals surface area contributed by atoms with E-state index in [0.717, 1.165) is 19.4 Å². The number of para-hydroxylation sites is 1. The molecule has 8 nitrogen and oxygen atoms in total. The maximum Gasteiger partial charge on any atom is 0.313 e. The third kappa shape index (κ3) is 5.16. The molecule has 33 heavy (non-hydrogen) atoms. The topological polar surface area (TPSA) is 96.7 Å². The number of hydrogen-bond donors (Lipinski definition) is 2. The number of nitrogens with one attached hydrogen (secondary N) is 2. The number of benzene rings is 2. The molecule has 172 valence electrons. The zero-order valence-electron chi connectivity index (χ0n) is 19.1. The molecule has 0 saturated carbocycles. The molecular formula is C25H28N4O4. The molecule has 2 aromatic carbocycles. The lowest BCUT2D eigenvalue weighted by atomic mass is 9.98. The summed E-state index contributed by atoms with van der Waals surface area (Å²) in [6, 6.07) is 13.4. The van der Waals surface area contributed by atoms with Crippen LogP contribution < -0.4 is 20.3 Å². The summed E-state index contributed by atoms with van der Waals surface area (Å²) in [7, 11) is 1.52. The van der Waals surface area contributed by atoms with Gasteiger partial charge in [-0.1, -0.05) is 18.2 Å². The largest absolute Gasteiger partial charge is 0.496 e. The Morgan fingerprint density at radius 3 is 2.76 bits per heavy atom. The quantitative estimate of drug-likeness (QED) is 0.559. The molecule has 1 aliphatic heterocycles. The lowest BCUT2D eigenvalue weighted by molar-refractivity contribution is -0.137. The fourth-order valence-corrected chi connectivity index (χ4v) is 4.17. The summed E-state index contributed by atoms with van der Waals surface area (Å²) in [4.78, 5) is 31.4. The molecule has 4 rings (SSSR count). The second-order valence-electron chi connectivity index (χ2n) is 8.73. The van der Waals surface area contributed by atoms with Crippen molar-refractivity contribution in [2.45, 2.75) is 32.2 Å². The van der Waals surface area contributed by atoms with E-state index in [9.17, 15) is 9.59 Å². The van der Waals surface area contributed by atoms with Crippen molar-refractivity contribution in [1.29, 1.82) is 0 Å². The Hall–Kier alpha value is -3.81. The minimum absolute atomic E-state index is 0.443. The Bertz CT molecular complexity index is 1140. The number of fused-ring (bicyclic) bond motifs is 1. The Morgan fingerprint density at radius 2 is 2.00 bits per heavy atom. The van der Waals surface area contributed by atoms with E-state index in [2.05, 4.69) is 32.7 Å². The van der Waals surface area contributed by atoms with Gasteiger partial charge in [-0.2, -0.15) is 0 Å². The maximum absolute atomic E-state index is 12.7. The SMILES string of the molecule is COc1cc(NC(=O)C(=O)NC(C)(C)CN2CCCc3ccccc32)ccc1-c1cnco1. The first-order chi connectivity index (χ1) is 15.9. The van der Waals surface area contributed by atoms with E-state index >= 15 is 0 Å². The number of ether oxygens (including phenoxy) is 1. The molecule has 8 heteroatoms. The van der Waals surface area contributed by atoms with Crippen molar-refractivity contribution < 1.29 is 18.7 Å². The molecular weight excluding hydrogens is 420 g/mol. The van der Waals surface area contributed by atoms with Crippen molar-refractivity contribution in [3.05, 3.63) is 60.6 Å². The molecule has 0 saturated heterocycles. The molecule has 0 unspecified atom stereocenters. The minimum atomic E-state index is -0.739. The van der Waals surface area contributed by atoms with E-state index < -0.39 is 17.4 Å². The second kappa shape index (κ2) is 9.36. The number of hydrogen-bond acceptors (Lipinski definition) is 6. The van der Waals surface area contributed by atoms with E-state index in [1.54, 1.807) is 24.4 Å². The number of carbonyl (C=O) groups excluding carboxylic acids is 2. The van der Waals surface area contributed by atoms with Crippen molar-refractivity contribution in [3.8, 4) is 17.1 Å². The Kier molecular flexibility index (Phi) is 6.35. The van der Waals surface area contributed by atoms with Crippen LogP contribution in [0.3, 0.4) is 0 Å². The average molecular weight is 449 g/mol. The van der Waals surface area contributed by atoms with E-state index in [0.29, 0.717) is 29.3 Å². The first-order valence-electron chi connectivity index (χ1n) is 10.9. The van der Waals surface area contributed by atoms with Gasteiger partial charge in [0.05, 0.1) is 24.4 Å². The van der Waals surface area contributed by atoms with Gasteiger partial charge in [0, 0.05) is 30.5 Å². The first-order valence-corrected chi connectivity index (χ1v) is 10.9. The molecule has 0 radical (unpaired) electrons. The standard InChI is InChI=1S/C25H28N4O4/c1-25(2,15-29-12-6-8-17-7-4-5-9-20(17)29)28-24(31)23(30)27-18-10-11-19(21(13-18)32-3)22-14-26-16-33-22/h4-5,7,9-11,13-14,16H,6,8,12,15H2,1-3H3,(H,27,30)(H,28,31). The lowest BCUT2D eigenvalue weighted by Gasteiger charge is -2.38. The van der Waals surface area contributed by atoms with Crippen LogP contribution in [0.15, 0.2) is 59.5 Å². The van der Waals surface area contributed by atoms with Gasteiger partial charge in [0.25, 0.3) is 0 Å². The number of oxazole rings is 1. The van der Waals surface area contributed by atoms with Crippen LogP contribution in [0.4, 0.5) is 11.4 Å². The highest BCUT2D eigenvalue weighted by atomic mass is 16.5. The number of carbonyl (C=O) groups is 2. The lowest BCUT2D eigenvalue weighted by Crippen LogP contribution is -2.54. The zero-order chi connectivity index (χ0) is 23.4. The zero-order valence-corrected chi connectivity index (χ0v) is 19.1. The number of amides is 2. The van der Waals surface area contributed by atoms with Gasteiger partial charge < -0.3 is 24.7 Å². The number of rotatable bonds is 6. The minimum Gasteiger partial charge on any atom is -0.496 e. The fourth-order valence-electron chi connectivity index (χ4n) is 4.17.